The van der Waals surface area contributed by atoms with Gasteiger partial charge in [-0.1, -0.05) is 73.2 Å². The van der Waals surface area contributed by atoms with Crippen molar-refractivity contribution < 1.29 is 0 Å². The maximum absolute atomic E-state index is 10.3. The Morgan fingerprint density at radius 3 is 2.28 bits per heavy atom. The van der Waals surface area contributed by atoms with E-state index in [0.29, 0.717) is 23.0 Å². The van der Waals surface area contributed by atoms with E-state index in [1.54, 1.807) is 0 Å². The molecule has 236 valence electrons. The fourth-order valence-electron chi connectivity index (χ4n) is 9.88. The fourth-order valence-corrected chi connectivity index (χ4v) is 9.88. The number of rotatable bonds is 2. The van der Waals surface area contributed by atoms with Gasteiger partial charge in [0.1, 0.15) is 6.07 Å². The summed E-state index contributed by atoms with van der Waals surface area (Å²) >= 11 is 0. The molecule has 5 atom stereocenters. The molecule has 0 saturated heterocycles. The molecular weight excluding hydrogens is 611 g/mol. The molecule has 1 fully saturated rings. The number of hydrogen-bond acceptors (Lipinski definition) is 4. The number of aromatic nitrogens is 1. The zero-order chi connectivity index (χ0) is 33.5. The van der Waals surface area contributed by atoms with E-state index < -0.39 is 0 Å². The average Bonchev–Trinajstić information content (AvgIpc) is 3.66. The Morgan fingerprint density at radius 1 is 0.680 bits per heavy atom. The molecule has 3 heterocycles. The first kappa shape index (κ1) is 28.6. The molecule has 0 radical (unpaired) electrons. The summed E-state index contributed by atoms with van der Waals surface area (Å²) in [6, 6.07) is 43.7. The van der Waals surface area contributed by atoms with Crippen molar-refractivity contribution in [2.24, 2.45) is 0 Å². The van der Waals surface area contributed by atoms with E-state index in [4.69, 9.17) is 0 Å². The summed E-state index contributed by atoms with van der Waals surface area (Å²) in [5.41, 5.74) is 12.8. The van der Waals surface area contributed by atoms with Crippen molar-refractivity contribution in [1.29, 1.82) is 15.8 Å². The van der Waals surface area contributed by atoms with Gasteiger partial charge >= 0.3 is 0 Å². The fraction of sp³-hybridized carbons (Fsp3) is 0.178. The van der Waals surface area contributed by atoms with E-state index in [1.165, 1.54) is 22.3 Å². The zero-order valence-electron chi connectivity index (χ0n) is 27.3. The minimum Gasteiger partial charge on any atom is -0.359 e. The number of benzene rings is 5. The highest BCUT2D eigenvalue weighted by molar-refractivity contribution is 6.09. The first-order chi connectivity index (χ1) is 24.7. The van der Waals surface area contributed by atoms with Crippen molar-refractivity contribution in [2.75, 3.05) is 4.90 Å². The highest BCUT2D eigenvalue weighted by Gasteiger charge is 2.52. The van der Waals surface area contributed by atoms with E-state index in [0.717, 1.165) is 63.6 Å². The summed E-state index contributed by atoms with van der Waals surface area (Å²) in [5, 5.41) is 32.2. The standard InChI is InChI=1S/C45H31N5/c46-24-27-15-21-41-39(22-27)33-7-1-2-13-40(33)49(41)31-18-16-29(17-19-31)32-8-4-9-34-35-11-5-12-37-36-10-3-6-30(26-48)44(36)50(45(35)37)42-23-28(25-47)14-20-38(42)43(32)34/h1-4,6-10,13-23,35,37-38,42,45H,5,11-12H2. The Kier molecular flexibility index (Phi) is 6.20. The van der Waals surface area contributed by atoms with Crippen LogP contribution in [0, 0.1) is 34.0 Å². The minimum absolute atomic E-state index is 0.0218. The van der Waals surface area contributed by atoms with E-state index in [2.05, 4.69) is 119 Å². The molecule has 0 amide bonds. The van der Waals surface area contributed by atoms with Crippen LogP contribution in [-0.2, 0) is 0 Å². The van der Waals surface area contributed by atoms with Gasteiger partial charge in [0, 0.05) is 45.8 Å². The maximum atomic E-state index is 10.3. The summed E-state index contributed by atoms with van der Waals surface area (Å²) in [4.78, 5) is 2.56. The molecule has 1 saturated carbocycles. The van der Waals surface area contributed by atoms with Gasteiger partial charge in [-0.2, -0.15) is 15.8 Å². The Labute approximate surface area is 290 Å². The van der Waals surface area contributed by atoms with Gasteiger partial charge in [-0.05, 0) is 95.3 Å². The van der Waals surface area contributed by atoms with Crippen LogP contribution >= 0.6 is 0 Å². The van der Waals surface area contributed by atoms with Crippen LogP contribution in [0.15, 0.2) is 127 Å². The van der Waals surface area contributed by atoms with Crippen molar-refractivity contribution in [3.8, 4) is 35.0 Å². The molecular formula is C45H31N5. The van der Waals surface area contributed by atoms with Crippen molar-refractivity contribution in [3.63, 3.8) is 0 Å². The van der Waals surface area contributed by atoms with E-state index in [-0.39, 0.29) is 18.0 Å². The molecule has 0 N–H and O–H groups in total. The Balaban J connectivity index is 1.15. The Hall–Kier alpha value is -6.35. The van der Waals surface area contributed by atoms with Crippen LogP contribution in [0.3, 0.4) is 0 Å². The van der Waals surface area contributed by atoms with Gasteiger partial charge in [-0.25, -0.2) is 0 Å². The quantitative estimate of drug-likeness (QED) is 0.189. The number of nitriles is 3. The summed E-state index contributed by atoms with van der Waals surface area (Å²) < 4.78 is 2.29. The summed E-state index contributed by atoms with van der Waals surface area (Å²) in [6.45, 7) is 0. The molecule has 0 spiro atoms. The lowest BCUT2D eigenvalue weighted by atomic mass is 9.71. The predicted octanol–water partition coefficient (Wildman–Crippen LogP) is 9.92. The lowest BCUT2D eigenvalue weighted by Crippen LogP contribution is -2.46. The normalized spacial score (nSPS) is 22.7. The number of anilines is 1. The highest BCUT2D eigenvalue weighted by Crippen LogP contribution is 2.59. The highest BCUT2D eigenvalue weighted by atomic mass is 15.2. The number of nitrogens with zero attached hydrogens (tertiary/aromatic N) is 5. The lowest BCUT2D eigenvalue weighted by Gasteiger charge is -2.42. The van der Waals surface area contributed by atoms with Crippen molar-refractivity contribution in [3.05, 3.63) is 155 Å². The van der Waals surface area contributed by atoms with Crippen LogP contribution in [0.25, 0.3) is 38.6 Å². The van der Waals surface area contributed by atoms with Crippen LogP contribution in [0.4, 0.5) is 5.69 Å². The SMILES string of the molecule is N#CC1=CC2C(C=C1)c1c(-c3ccc(-n4c5ccccc5c5cc(C#N)ccc54)cc3)cccc1C1CCCC3c4cccc(C#N)c4N2C13. The van der Waals surface area contributed by atoms with Gasteiger partial charge in [-0.3, -0.25) is 0 Å². The first-order valence-corrected chi connectivity index (χ1v) is 17.5. The topological polar surface area (TPSA) is 79.5 Å². The second kappa shape index (κ2) is 10.8. The van der Waals surface area contributed by atoms with Gasteiger partial charge in [-0.15, -0.1) is 0 Å². The molecule has 5 heteroatoms. The maximum Gasteiger partial charge on any atom is 0.101 e. The largest absolute Gasteiger partial charge is 0.359 e. The third-order valence-electron chi connectivity index (χ3n) is 11.8. The molecule has 10 rings (SSSR count). The Morgan fingerprint density at radius 2 is 1.46 bits per heavy atom. The zero-order valence-corrected chi connectivity index (χ0v) is 27.3. The molecule has 1 aromatic heterocycles. The van der Waals surface area contributed by atoms with E-state index >= 15 is 0 Å². The van der Waals surface area contributed by atoms with Crippen molar-refractivity contribution in [1.82, 2.24) is 4.57 Å². The van der Waals surface area contributed by atoms with Gasteiger partial charge in [0.05, 0.1) is 46.0 Å². The number of hydrogen-bond donors (Lipinski definition) is 0. The third-order valence-corrected chi connectivity index (χ3v) is 11.8. The molecule has 5 nitrogen and oxygen atoms in total. The Bertz CT molecular complexity index is 2600. The lowest BCUT2D eigenvalue weighted by molar-refractivity contribution is 0.337. The molecule has 2 aliphatic heterocycles. The molecule has 50 heavy (non-hydrogen) atoms. The van der Waals surface area contributed by atoms with Gasteiger partial charge < -0.3 is 9.47 Å². The molecule has 2 aliphatic carbocycles. The van der Waals surface area contributed by atoms with E-state index in [9.17, 15) is 15.8 Å². The van der Waals surface area contributed by atoms with Crippen LogP contribution in [0.2, 0.25) is 0 Å². The molecule has 4 aliphatic rings. The summed E-state index contributed by atoms with van der Waals surface area (Å²) in [6.07, 6.45) is 9.75. The van der Waals surface area contributed by atoms with Crippen molar-refractivity contribution in [2.45, 2.75) is 49.1 Å². The molecule has 6 aromatic rings. The molecule has 5 aromatic carbocycles. The number of para-hydroxylation sites is 2. The van der Waals surface area contributed by atoms with Gasteiger partial charge in [0.2, 0.25) is 0 Å². The van der Waals surface area contributed by atoms with E-state index in [1.807, 2.05) is 30.3 Å². The van der Waals surface area contributed by atoms with Gasteiger partial charge in [0.15, 0.2) is 0 Å². The second-order valence-electron chi connectivity index (χ2n) is 14.1. The molecule has 5 unspecified atom stereocenters. The number of fused-ring (bicyclic) bond motifs is 11. The smallest absolute Gasteiger partial charge is 0.101 e. The van der Waals surface area contributed by atoms with Crippen LogP contribution < -0.4 is 4.90 Å². The van der Waals surface area contributed by atoms with Crippen LogP contribution in [0.1, 0.15) is 64.8 Å². The molecule has 0 bridgehead atoms. The average molecular weight is 642 g/mol. The number of allylic oxidation sites excluding steroid dienone is 2. The minimum atomic E-state index is -0.0731. The monoisotopic (exact) mass is 641 g/mol. The predicted molar refractivity (Wildman–Crippen MR) is 197 cm³/mol. The first-order valence-electron chi connectivity index (χ1n) is 17.5. The third kappa shape index (κ3) is 3.91. The van der Waals surface area contributed by atoms with Gasteiger partial charge in [0.25, 0.3) is 0 Å². The van der Waals surface area contributed by atoms with Crippen LogP contribution in [0.5, 0.6) is 0 Å². The summed E-state index contributed by atoms with van der Waals surface area (Å²) in [5.74, 6) is 0.691. The van der Waals surface area contributed by atoms with Crippen molar-refractivity contribution >= 4 is 27.5 Å². The van der Waals surface area contributed by atoms with Crippen LogP contribution in [-0.4, -0.2) is 16.7 Å². The summed E-state index contributed by atoms with van der Waals surface area (Å²) in [7, 11) is 0. The second-order valence-corrected chi connectivity index (χ2v) is 14.1.